The third-order valence-electron chi connectivity index (χ3n) is 1.86. The lowest BCUT2D eigenvalue weighted by atomic mass is 10.2. The molecule has 3 heteroatoms. The van der Waals surface area contributed by atoms with Crippen molar-refractivity contribution in [2.45, 2.75) is 46.8 Å². The van der Waals surface area contributed by atoms with E-state index in [2.05, 4.69) is 6.92 Å². The van der Waals surface area contributed by atoms with Crippen LogP contribution in [0.4, 0.5) is 5.69 Å². The Balaban J connectivity index is 2.78. The maximum Gasteiger partial charge on any atom is 0.0947 e. The second-order valence-electron chi connectivity index (χ2n) is 4.40. The zero-order chi connectivity index (χ0) is 12.1. The lowest BCUT2D eigenvalue weighted by Crippen LogP contribution is -2.30. The number of benzene rings is 1. The van der Waals surface area contributed by atoms with E-state index < -0.39 is 0 Å². The number of hydrogen-bond acceptors (Lipinski definition) is 3. The van der Waals surface area contributed by atoms with Gasteiger partial charge in [0.15, 0.2) is 0 Å². The zero-order valence-electron chi connectivity index (χ0n) is 10.7. The van der Waals surface area contributed by atoms with Gasteiger partial charge in [0.05, 0.1) is 17.9 Å². The second kappa shape index (κ2) is 5.87. The van der Waals surface area contributed by atoms with Gasteiger partial charge >= 0.3 is 0 Å². The summed E-state index contributed by atoms with van der Waals surface area (Å²) in [5, 5.41) is 1.49. The number of aryl methyl sites for hydroxylation is 1. The summed E-state index contributed by atoms with van der Waals surface area (Å²) in [6.07, 6.45) is 0.167. The normalized spacial score (nSPS) is 11.2. The molecule has 16 heavy (non-hydrogen) atoms. The van der Waals surface area contributed by atoms with Crippen LogP contribution in [0.25, 0.3) is 0 Å². The van der Waals surface area contributed by atoms with Crippen molar-refractivity contribution in [1.29, 1.82) is 0 Å². The van der Waals surface area contributed by atoms with Crippen LogP contribution < -0.4 is 5.23 Å². The van der Waals surface area contributed by atoms with Gasteiger partial charge in [-0.15, -0.1) is 5.23 Å². The second-order valence-corrected chi connectivity index (χ2v) is 4.40. The molecule has 0 aliphatic carbocycles. The van der Waals surface area contributed by atoms with Crippen molar-refractivity contribution in [3.63, 3.8) is 0 Å². The standard InChI is InChI=1S/C13H21NO2/c1-10(2)15-14(16-11(3)4)13-8-6-12(5)7-9-13/h6-11H,1-5H3. The highest BCUT2D eigenvalue weighted by Gasteiger charge is 2.11. The third-order valence-corrected chi connectivity index (χ3v) is 1.86. The summed E-state index contributed by atoms with van der Waals surface area (Å²) in [7, 11) is 0. The molecular formula is C13H21NO2. The van der Waals surface area contributed by atoms with Crippen LogP contribution in [0.5, 0.6) is 0 Å². The van der Waals surface area contributed by atoms with Gasteiger partial charge in [-0.2, -0.15) is 0 Å². The summed E-state index contributed by atoms with van der Waals surface area (Å²) in [6, 6.07) is 8.05. The first kappa shape index (κ1) is 13.0. The van der Waals surface area contributed by atoms with Crippen molar-refractivity contribution in [3.05, 3.63) is 29.8 Å². The Morgan fingerprint density at radius 1 is 0.875 bits per heavy atom. The van der Waals surface area contributed by atoms with Crippen LogP contribution in [0.1, 0.15) is 33.3 Å². The Bertz CT molecular complexity index is 296. The van der Waals surface area contributed by atoms with Gasteiger partial charge in [0.2, 0.25) is 0 Å². The number of nitrogens with zero attached hydrogens (tertiary/aromatic N) is 1. The van der Waals surface area contributed by atoms with Gasteiger partial charge in [-0.05, 0) is 46.8 Å². The molecule has 90 valence electrons. The highest BCUT2D eigenvalue weighted by Crippen LogP contribution is 2.18. The molecule has 0 aromatic heterocycles. The molecule has 1 rings (SSSR count). The van der Waals surface area contributed by atoms with Crippen LogP contribution in [-0.2, 0) is 9.68 Å². The van der Waals surface area contributed by atoms with Crippen LogP contribution >= 0.6 is 0 Å². The first-order valence-corrected chi connectivity index (χ1v) is 5.69. The van der Waals surface area contributed by atoms with E-state index in [1.165, 1.54) is 10.8 Å². The molecule has 0 radical (unpaired) electrons. The average molecular weight is 223 g/mol. The lowest BCUT2D eigenvalue weighted by molar-refractivity contribution is -0.132. The van der Waals surface area contributed by atoms with Crippen LogP contribution in [0, 0.1) is 6.92 Å². The molecule has 3 nitrogen and oxygen atoms in total. The minimum Gasteiger partial charge on any atom is -0.246 e. The molecule has 0 bridgehead atoms. The highest BCUT2D eigenvalue weighted by molar-refractivity contribution is 5.43. The fourth-order valence-electron chi connectivity index (χ4n) is 1.20. The first-order valence-electron chi connectivity index (χ1n) is 5.69. The molecule has 0 saturated heterocycles. The number of hydrogen-bond donors (Lipinski definition) is 0. The fraction of sp³-hybridized carbons (Fsp3) is 0.538. The Morgan fingerprint density at radius 3 is 1.69 bits per heavy atom. The fourth-order valence-corrected chi connectivity index (χ4v) is 1.20. The van der Waals surface area contributed by atoms with Crippen LogP contribution in [-0.4, -0.2) is 12.2 Å². The lowest BCUT2D eigenvalue weighted by Gasteiger charge is -2.26. The van der Waals surface area contributed by atoms with E-state index >= 15 is 0 Å². The largest absolute Gasteiger partial charge is 0.246 e. The molecule has 1 aromatic carbocycles. The van der Waals surface area contributed by atoms with Crippen molar-refractivity contribution >= 4 is 5.69 Å². The van der Waals surface area contributed by atoms with Crippen molar-refractivity contribution in [1.82, 2.24) is 0 Å². The summed E-state index contributed by atoms with van der Waals surface area (Å²) in [5.41, 5.74) is 2.13. The summed E-state index contributed by atoms with van der Waals surface area (Å²) < 4.78 is 0. The van der Waals surface area contributed by atoms with Crippen molar-refractivity contribution in [3.8, 4) is 0 Å². The summed E-state index contributed by atoms with van der Waals surface area (Å²) in [6.45, 7) is 9.96. The monoisotopic (exact) mass is 223 g/mol. The van der Waals surface area contributed by atoms with Gasteiger partial charge < -0.3 is 0 Å². The molecule has 0 unspecified atom stereocenters. The van der Waals surface area contributed by atoms with E-state index in [1.807, 2.05) is 52.0 Å². The molecule has 0 atom stereocenters. The van der Waals surface area contributed by atoms with Crippen molar-refractivity contribution < 1.29 is 9.68 Å². The number of anilines is 1. The quantitative estimate of drug-likeness (QED) is 0.713. The molecule has 0 fully saturated rings. The minimum atomic E-state index is 0.0834. The maximum atomic E-state index is 5.60. The minimum absolute atomic E-state index is 0.0834. The Morgan fingerprint density at radius 2 is 1.31 bits per heavy atom. The molecule has 0 saturated carbocycles. The van der Waals surface area contributed by atoms with Gasteiger partial charge in [0.1, 0.15) is 0 Å². The molecule has 0 amide bonds. The number of rotatable bonds is 5. The highest BCUT2D eigenvalue weighted by atomic mass is 17.0. The van der Waals surface area contributed by atoms with Crippen LogP contribution in [0.2, 0.25) is 0 Å². The van der Waals surface area contributed by atoms with Crippen molar-refractivity contribution in [2.75, 3.05) is 5.23 Å². The van der Waals surface area contributed by atoms with Gasteiger partial charge in [-0.1, -0.05) is 17.7 Å². The molecule has 0 N–H and O–H groups in total. The van der Waals surface area contributed by atoms with E-state index in [1.54, 1.807) is 0 Å². The van der Waals surface area contributed by atoms with Crippen LogP contribution in [0.3, 0.4) is 0 Å². The predicted octanol–water partition coefficient (Wildman–Crippen LogP) is 3.48. The van der Waals surface area contributed by atoms with E-state index in [0.717, 1.165) is 5.69 Å². The van der Waals surface area contributed by atoms with Crippen LogP contribution in [0.15, 0.2) is 24.3 Å². The SMILES string of the molecule is Cc1ccc(N(OC(C)C)OC(C)C)cc1. The Labute approximate surface area is 97.9 Å². The van der Waals surface area contributed by atoms with E-state index in [4.69, 9.17) is 9.68 Å². The van der Waals surface area contributed by atoms with Crippen molar-refractivity contribution in [2.24, 2.45) is 0 Å². The first-order chi connectivity index (χ1) is 7.49. The predicted molar refractivity (Wildman–Crippen MR) is 66.1 cm³/mol. The molecule has 1 aromatic rings. The maximum absolute atomic E-state index is 5.60. The van der Waals surface area contributed by atoms with E-state index in [9.17, 15) is 0 Å². The molecular weight excluding hydrogens is 202 g/mol. The van der Waals surface area contributed by atoms with Gasteiger partial charge in [0.25, 0.3) is 0 Å². The van der Waals surface area contributed by atoms with Gasteiger partial charge in [-0.25, -0.2) is 9.68 Å². The molecule has 0 aliphatic heterocycles. The van der Waals surface area contributed by atoms with Gasteiger partial charge in [-0.3, -0.25) is 0 Å². The Kier molecular flexibility index (Phi) is 4.77. The summed E-state index contributed by atoms with van der Waals surface area (Å²) in [5.74, 6) is 0. The average Bonchev–Trinajstić information content (AvgIpc) is 2.16. The van der Waals surface area contributed by atoms with Gasteiger partial charge in [0, 0.05) is 0 Å². The third kappa shape index (κ3) is 4.21. The topological polar surface area (TPSA) is 21.7 Å². The van der Waals surface area contributed by atoms with E-state index in [-0.39, 0.29) is 12.2 Å². The summed E-state index contributed by atoms with van der Waals surface area (Å²) in [4.78, 5) is 11.2. The zero-order valence-corrected chi connectivity index (χ0v) is 10.7. The molecule has 0 spiro atoms. The smallest absolute Gasteiger partial charge is 0.0947 e. The molecule has 0 aliphatic rings. The Hall–Kier alpha value is -1.06. The van der Waals surface area contributed by atoms with E-state index in [0.29, 0.717) is 0 Å². The summed E-state index contributed by atoms with van der Waals surface area (Å²) >= 11 is 0. The molecule has 0 heterocycles.